The Balaban J connectivity index is 2.17. The average Bonchev–Trinajstić information content (AvgIpc) is 2.94. The Hall–Kier alpha value is -2.05. The van der Waals surface area contributed by atoms with Crippen LogP contribution in [0, 0.1) is 11.3 Å². The van der Waals surface area contributed by atoms with E-state index in [1.807, 2.05) is 24.3 Å². The minimum atomic E-state index is 0.427. The lowest BCUT2D eigenvalue weighted by Gasteiger charge is -2.27. The summed E-state index contributed by atoms with van der Waals surface area (Å²) in [6.07, 6.45) is 2.35. The standard InChI is InChI=1S/C16H17N3/c17-10-12-7-8-16(15-6-2-1-5-14(12)15)19-9-3-4-13(19)11-18/h1-2,5-8,13H,3-4,9,11,18H2. The third-order valence-corrected chi connectivity index (χ3v) is 3.98. The van der Waals surface area contributed by atoms with E-state index in [0.29, 0.717) is 12.6 Å². The largest absolute Gasteiger partial charge is 0.367 e. The monoisotopic (exact) mass is 251 g/mol. The van der Waals surface area contributed by atoms with E-state index in [-0.39, 0.29) is 0 Å². The number of nitrogens with two attached hydrogens (primary N) is 1. The van der Waals surface area contributed by atoms with E-state index in [1.54, 1.807) is 0 Å². The molecule has 19 heavy (non-hydrogen) atoms. The number of hydrogen-bond donors (Lipinski definition) is 1. The summed E-state index contributed by atoms with van der Waals surface area (Å²) in [5.41, 5.74) is 7.82. The highest BCUT2D eigenvalue weighted by Crippen LogP contribution is 2.33. The first-order valence-electron chi connectivity index (χ1n) is 6.73. The molecule has 2 aromatic carbocycles. The van der Waals surface area contributed by atoms with Crippen LogP contribution in [0.4, 0.5) is 5.69 Å². The van der Waals surface area contributed by atoms with Gasteiger partial charge in [0, 0.05) is 35.6 Å². The van der Waals surface area contributed by atoms with Crippen LogP contribution in [0.5, 0.6) is 0 Å². The fourth-order valence-corrected chi connectivity index (χ4v) is 3.03. The Kier molecular flexibility index (Phi) is 3.10. The molecular weight excluding hydrogens is 234 g/mol. The predicted octanol–water partition coefficient (Wildman–Crippen LogP) is 2.64. The molecule has 96 valence electrons. The van der Waals surface area contributed by atoms with Crippen molar-refractivity contribution in [2.45, 2.75) is 18.9 Å². The molecule has 0 aliphatic carbocycles. The van der Waals surface area contributed by atoms with Gasteiger partial charge < -0.3 is 10.6 Å². The number of rotatable bonds is 2. The molecule has 3 nitrogen and oxygen atoms in total. The van der Waals surface area contributed by atoms with E-state index >= 15 is 0 Å². The Morgan fingerprint density at radius 3 is 2.74 bits per heavy atom. The Bertz CT molecular complexity index is 642. The molecule has 0 spiro atoms. The first-order chi connectivity index (χ1) is 9.35. The van der Waals surface area contributed by atoms with Crippen molar-refractivity contribution in [3.8, 4) is 6.07 Å². The van der Waals surface area contributed by atoms with E-state index < -0.39 is 0 Å². The van der Waals surface area contributed by atoms with Crippen molar-refractivity contribution < 1.29 is 0 Å². The highest BCUT2D eigenvalue weighted by atomic mass is 15.2. The van der Waals surface area contributed by atoms with Crippen LogP contribution < -0.4 is 10.6 Å². The Morgan fingerprint density at radius 1 is 1.21 bits per heavy atom. The molecule has 1 aliphatic heterocycles. The van der Waals surface area contributed by atoms with Crippen molar-refractivity contribution in [1.82, 2.24) is 0 Å². The fraction of sp³-hybridized carbons (Fsp3) is 0.312. The minimum absolute atomic E-state index is 0.427. The van der Waals surface area contributed by atoms with Crippen LogP contribution in [0.2, 0.25) is 0 Å². The summed E-state index contributed by atoms with van der Waals surface area (Å²) < 4.78 is 0. The van der Waals surface area contributed by atoms with Crippen LogP contribution in [-0.2, 0) is 0 Å². The molecule has 0 aromatic heterocycles. The van der Waals surface area contributed by atoms with Crippen molar-refractivity contribution in [2.24, 2.45) is 5.73 Å². The van der Waals surface area contributed by atoms with Crippen LogP contribution in [0.3, 0.4) is 0 Å². The Morgan fingerprint density at radius 2 is 2.00 bits per heavy atom. The third-order valence-electron chi connectivity index (χ3n) is 3.98. The Labute approximate surface area is 113 Å². The summed E-state index contributed by atoms with van der Waals surface area (Å²) >= 11 is 0. The third kappa shape index (κ3) is 1.94. The summed E-state index contributed by atoms with van der Waals surface area (Å²) in [5.74, 6) is 0. The zero-order valence-corrected chi connectivity index (χ0v) is 10.8. The highest BCUT2D eigenvalue weighted by molar-refractivity contribution is 5.98. The second-order valence-corrected chi connectivity index (χ2v) is 5.01. The van der Waals surface area contributed by atoms with Crippen LogP contribution in [-0.4, -0.2) is 19.1 Å². The van der Waals surface area contributed by atoms with E-state index in [4.69, 9.17) is 5.73 Å². The molecule has 3 heteroatoms. The molecule has 1 unspecified atom stereocenters. The summed E-state index contributed by atoms with van der Waals surface area (Å²) in [5, 5.41) is 11.4. The number of nitrogens with zero attached hydrogens (tertiary/aromatic N) is 2. The first-order valence-corrected chi connectivity index (χ1v) is 6.73. The van der Waals surface area contributed by atoms with Gasteiger partial charge in [-0.15, -0.1) is 0 Å². The van der Waals surface area contributed by atoms with Crippen molar-refractivity contribution in [3.63, 3.8) is 0 Å². The molecule has 1 fully saturated rings. The summed E-state index contributed by atoms with van der Waals surface area (Å²) in [7, 11) is 0. The lowest BCUT2D eigenvalue weighted by atomic mass is 10.0. The molecule has 1 aliphatic rings. The van der Waals surface area contributed by atoms with Gasteiger partial charge in [0.05, 0.1) is 11.6 Å². The van der Waals surface area contributed by atoms with E-state index in [2.05, 4.69) is 23.1 Å². The van der Waals surface area contributed by atoms with Gasteiger partial charge in [0.1, 0.15) is 0 Å². The molecular formula is C16H17N3. The molecule has 3 rings (SSSR count). The fourth-order valence-electron chi connectivity index (χ4n) is 3.03. The minimum Gasteiger partial charge on any atom is -0.367 e. The van der Waals surface area contributed by atoms with Gasteiger partial charge in [-0.3, -0.25) is 0 Å². The van der Waals surface area contributed by atoms with Gasteiger partial charge in [0.15, 0.2) is 0 Å². The molecule has 1 saturated heterocycles. The normalized spacial score (nSPS) is 18.7. The number of anilines is 1. The average molecular weight is 251 g/mol. The maximum absolute atomic E-state index is 9.21. The highest BCUT2D eigenvalue weighted by Gasteiger charge is 2.24. The lowest BCUT2D eigenvalue weighted by molar-refractivity contribution is 0.678. The van der Waals surface area contributed by atoms with Gasteiger partial charge in [-0.25, -0.2) is 0 Å². The number of hydrogen-bond acceptors (Lipinski definition) is 3. The first kappa shape index (κ1) is 12.0. The molecule has 0 bridgehead atoms. The number of fused-ring (bicyclic) bond motifs is 1. The maximum atomic E-state index is 9.21. The van der Waals surface area contributed by atoms with Crippen molar-refractivity contribution in [2.75, 3.05) is 18.0 Å². The quantitative estimate of drug-likeness (QED) is 0.892. The smallest absolute Gasteiger partial charge is 0.0998 e. The van der Waals surface area contributed by atoms with Crippen molar-refractivity contribution in [1.29, 1.82) is 5.26 Å². The predicted molar refractivity (Wildman–Crippen MR) is 78.1 cm³/mol. The zero-order chi connectivity index (χ0) is 13.2. The summed E-state index contributed by atoms with van der Waals surface area (Å²) in [6, 6.07) is 14.8. The van der Waals surface area contributed by atoms with Gasteiger partial charge in [-0.2, -0.15) is 5.26 Å². The second-order valence-electron chi connectivity index (χ2n) is 5.01. The van der Waals surface area contributed by atoms with Gasteiger partial charge in [-0.1, -0.05) is 24.3 Å². The van der Waals surface area contributed by atoms with Crippen molar-refractivity contribution >= 4 is 16.5 Å². The van der Waals surface area contributed by atoms with Crippen LogP contribution in [0.1, 0.15) is 18.4 Å². The molecule has 0 saturated carbocycles. The van der Waals surface area contributed by atoms with Gasteiger partial charge in [-0.05, 0) is 25.0 Å². The van der Waals surface area contributed by atoms with Gasteiger partial charge in [0.2, 0.25) is 0 Å². The van der Waals surface area contributed by atoms with Gasteiger partial charge >= 0.3 is 0 Å². The molecule has 2 aromatic rings. The lowest BCUT2D eigenvalue weighted by Crippen LogP contribution is -2.35. The van der Waals surface area contributed by atoms with E-state index in [9.17, 15) is 5.26 Å². The van der Waals surface area contributed by atoms with Crippen LogP contribution >= 0.6 is 0 Å². The molecule has 0 amide bonds. The molecule has 2 N–H and O–H groups in total. The topological polar surface area (TPSA) is 53.0 Å². The van der Waals surface area contributed by atoms with E-state index in [0.717, 1.165) is 29.3 Å². The summed E-state index contributed by atoms with van der Waals surface area (Å²) in [4.78, 5) is 2.39. The molecule has 1 atom stereocenters. The van der Waals surface area contributed by atoms with Crippen LogP contribution in [0.15, 0.2) is 36.4 Å². The van der Waals surface area contributed by atoms with Gasteiger partial charge in [0.25, 0.3) is 0 Å². The van der Waals surface area contributed by atoms with Crippen LogP contribution in [0.25, 0.3) is 10.8 Å². The second kappa shape index (κ2) is 4.91. The molecule has 1 heterocycles. The SMILES string of the molecule is N#Cc1ccc(N2CCCC2CN)c2ccccc12. The molecule has 0 radical (unpaired) electrons. The van der Waals surface area contributed by atoms with Crippen molar-refractivity contribution in [3.05, 3.63) is 42.0 Å². The van der Waals surface area contributed by atoms with E-state index in [1.165, 1.54) is 12.1 Å². The maximum Gasteiger partial charge on any atom is 0.0998 e. The number of nitriles is 1. The summed E-state index contributed by atoms with van der Waals surface area (Å²) in [6.45, 7) is 1.74. The number of benzene rings is 2. The zero-order valence-electron chi connectivity index (χ0n) is 10.8.